The molecule has 0 spiro atoms. The Morgan fingerprint density at radius 1 is 1.47 bits per heavy atom. The quantitative estimate of drug-likeness (QED) is 0.833. The number of hydrogen-bond acceptors (Lipinski definition) is 1. The predicted molar refractivity (Wildman–Crippen MR) is 65.2 cm³/mol. The van der Waals surface area contributed by atoms with E-state index in [0.29, 0.717) is 6.04 Å². The minimum atomic E-state index is 0.377. The number of aryl methyl sites for hydroxylation is 2. The van der Waals surface area contributed by atoms with Crippen LogP contribution >= 0.6 is 11.6 Å². The summed E-state index contributed by atoms with van der Waals surface area (Å²) >= 11 is 6.17. The molecule has 0 aromatic heterocycles. The third-order valence-electron chi connectivity index (χ3n) is 3.18. The lowest BCUT2D eigenvalue weighted by atomic mass is 10.0. The first kappa shape index (κ1) is 11.0. The molecule has 1 nitrogen and oxygen atoms in total. The molecule has 1 aromatic rings. The van der Waals surface area contributed by atoms with Crippen molar-refractivity contribution in [2.75, 3.05) is 0 Å². The molecule has 1 atom stereocenters. The zero-order valence-corrected chi connectivity index (χ0v) is 9.93. The third kappa shape index (κ3) is 2.96. The van der Waals surface area contributed by atoms with Gasteiger partial charge in [-0.3, -0.25) is 0 Å². The number of rotatable bonds is 4. The molecule has 1 aliphatic rings. The van der Waals surface area contributed by atoms with Gasteiger partial charge in [-0.15, -0.1) is 0 Å². The SMILES string of the molecule is Cc1ccc(CCC(N)C2CC2)c(Cl)c1. The fourth-order valence-electron chi connectivity index (χ4n) is 1.94. The van der Waals surface area contributed by atoms with Crippen molar-refractivity contribution >= 4 is 11.6 Å². The van der Waals surface area contributed by atoms with Crippen molar-refractivity contribution in [3.63, 3.8) is 0 Å². The molecule has 1 aromatic carbocycles. The Morgan fingerprint density at radius 2 is 2.20 bits per heavy atom. The van der Waals surface area contributed by atoms with Gasteiger partial charge in [-0.1, -0.05) is 23.7 Å². The zero-order valence-electron chi connectivity index (χ0n) is 9.17. The van der Waals surface area contributed by atoms with Crippen LogP contribution in [0.5, 0.6) is 0 Å². The first-order valence-corrected chi connectivity index (χ1v) is 6.05. The van der Waals surface area contributed by atoms with E-state index in [2.05, 4.69) is 19.1 Å². The van der Waals surface area contributed by atoms with E-state index in [0.717, 1.165) is 23.8 Å². The second-order valence-corrected chi connectivity index (χ2v) is 5.04. The van der Waals surface area contributed by atoms with Crippen LogP contribution in [0.1, 0.15) is 30.4 Å². The lowest BCUT2D eigenvalue weighted by Gasteiger charge is -2.11. The lowest BCUT2D eigenvalue weighted by molar-refractivity contribution is 0.550. The summed E-state index contributed by atoms with van der Waals surface area (Å²) in [5.41, 5.74) is 8.52. The standard InChI is InChI=1S/C13H18ClN/c1-9-2-3-10(12(14)8-9)6-7-13(15)11-4-5-11/h2-3,8,11,13H,4-7,15H2,1H3. The number of halogens is 1. The summed E-state index contributed by atoms with van der Waals surface area (Å²) in [7, 11) is 0. The van der Waals surface area contributed by atoms with E-state index in [-0.39, 0.29) is 0 Å². The maximum atomic E-state index is 6.17. The molecule has 1 fully saturated rings. The van der Waals surface area contributed by atoms with Gasteiger partial charge < -0.3 is 5.73 Å². The molecule has 0 amide bonds. The van der Waals surface area contributed by atoms with Gasteiger partial charge in [0.05, 0.1) is 0 Å². The first-order valence-electron chi connectivity index (χ1n) is 5.67. The molecule has 2 rings (SSSR count). The molecule has 2 heteroatoms. The van der Waals surface area contributed by atoms with Crippen LogP contribution in [-0.2, 0) is 6.42 Å². The van der Waals surface area contributed by atoms with Crippen LogP contribution in [0.2, 0.25) is 5.02 Å². The van der Waals surface area contributed by atoms with Crippen molar-refractivity contribution < 1.29 is 0 Å². The molecule has 0 aliphatic heterocycles. The van der Waals surface area contributed by atoms with Crippen LogP contribution in [0.4, 0.5) is 0 Å². The first-order chi connectivity index (χ1) is 7.16. The summed E-state index contributed by atoms with van der Waals surface area (Å²) in [6.07, 6.45) is 4.72. The van der Waals surface area contributed by atoms with Crippen molar-refractivity contribution in [1.82, 2.24) is 0 Å². The van der Waals surface area contributed by atoms with Gasteiger partial charge in [-0.25, -0.2) is 0 Å². The van der Waals surface area contributed by atoms with Gasteiger partial charge in [0.15, 0.2) is 0 Å². The van der Waals surface area contributed by atoms with Gasteiger partial charge in [0.1, 0.15) is 0 Å². The summed E-state index contributed by atoms with van der Waals surface area (Å²) in [6.45, 7) is 2.06. The van der Waals surface area contributed by atoms with Crippen LogP contribution in [0, 0.1) is 12.8 Å². The molecule has 2 N–H and O–H groups in total. The molecular weight excluding hydrogens is 206 g/mol. The summed E-state index contributed by atoms with van der Waals surface area (Å²) in [5, 5.41) is 0.887. The van der Waals surface area contributed by atoms with Crippen LogP contribution in [0.25, 0.3) is 0 Å². The van der Waals surface area contributed by atoms with Crippen molar-refractivity contribution in [3.8, 4) is 0 Å². The van der Waals surface area contributed by atoms with Crippen molar-refractivity contribution in [3.05, 3.63) is 34.3 Å². The minimum Gasteiger partial charge on any atom is -0.327 e. The molecule has 0 radical (unpaired) electrons. The highest BCUT2D eigenvalue weighted by Gasteiger charge is 2.27. The van der Waals surface area contributed by atoms with E-state index in [1.165, 1.54) is 24.0 Å². The fraction of sp³-hybridized carbons (Fsp3) is 0.538. The molecule has 1 unspecified atom stereocenters. The highest BCUT2D eigenvalue weighted by atomic mass is 35.5. The van der Waals surface area contributed by atoms with Gasteiger partial charge >= 0.3 is 0 Å². The van der Waals surface area contributed by atoms with Gasteiger partial charge in [0.2, 0.25) is 0 Å². The Hall–Kier alpha value is -0.530. The topological polar surface area (TPSA) is 26.0 Å². The Balaban J connectivity index is 1.92. The normalized spacial score (nSPS) is 17.8. The van der Waals surface area contributed by atoms with Crippen LogP contribution < -0.4 is 5.73 Å². The Morgan fingerprint density at radius 3 is 2.80 bits per heavy atom. The molecule has 1 aliphatic carbocycles. The van der Waals surface area contributed by atoms with Gasteiger partial charge in [-0.2, -0.15) is 0 Å². The van der Waals surface area contributed by atoms with E-state index in [1.54, 1.807) is 0 Å². The number of benzene rings is 1. The maximum absolute atomic E-state index is 6.17. The monoisotopic (exact) mass is 223 g/mol. The summed E-state index contributed by atoms with van der Waals surface area (Å²) in [6, 6.07) is 6.64. The second-order valence-electron chi connectivity index (χ2n) is 4.63. The van der Waals surface area contributed by atoms with Crippen LogP contribution in [0.3, 0.4) is 0 Å². The molecule has 15 heavy (non-hydrogen) atoms. The van der Waals surface area contributed by atoms with Gasteiger partial charge in [0, 0.05) is 11.1 Å². The maximum Gasteiger partial charge on any atom is 0.0440 e. The third-order valence-corrected chi connectivity index (χ3v) is 3.53. The molecule has 0 saturated heterocycles. The summed E-state index contributed by atoms with van der Waals surface area (Å²) in [4.78, 5) is 0. The molecule has 0 heterocycles. The largest absolute Gasteiger partial charge is 0.327 e. The van der Waals surface area contributed by atoms with E-state index in [4.69, 9.17) is 17.3 Å². The van der Waals surface area contributed by atoms with Crippen molar-refractivity contribution in [2.45, 2.75) is 38.6 Å². The van der Waals surface area contributed by atoms with E-state index < -0.39 is 0 Å². The average molecular weight is 224 g/mol. The Labute approximate surface area is 96.6 Å². The van der Waals surface area contributed by atoms with Crippen LogP contribution in [-0.4, -0.2) is 6.04 Å². The van der Waals surface area contributed by atoms with E-state index in [9.17, 15) is 0 Å². The Bertz CT molecular complexity index is 344. The molecule has 82 valence electrons. The molecular formula is C13H18ClN. The van der Waals surface area contributed by atoms with Crippen molar-refractivity contribution in [1.29, 1.82) is 0 Å². The van der Waals surface area contributed by atoms with E-state index in [1.807, 2.05) is 6.07 Å². The smallest absolute Gasteiger partial charge is 0.0440 e. The summed E-state index contributed by atoms with van der Waals surface area (Å²) in [5.74, 6) is 0.786. The van der Waals surface area contributed by atoms with E-state index >= 15 is 0 Å². The molecule has 1 saturated carbocycles. The fourth-order valence-corrected chi connectivity index (χ4v) is 2.27. The predicted octanol–water partition coefficient (Wildman–Crippen LogP) is 3.32. The zero-order chi connectivity index (χ0) is 10.8. The minimum absolute atomic E-state index is 0.377. The molecule has 0 bridgehead atoms. The van der Waals surface area contributed by atoms with Crippen LogP contribution in [0.15, 0.2) is 18.2 Å². The second kappa shape index (κ2) is 4.54. The highest BCUT2D eigenvalue weighted by Crippen LogP contribution is 2.33. The number of hydrogen-bond donors (Lipinski definition) is 1. The Kier molecular flexibility index (Phi) is 3.32. The highest BCUT2D eigenvalue weighted by molar-refractivity contribution is 6.31. The summed E-state index contributed by atoms with van der Waals surface area (Å²) < 4.78 is 0. The van der Waals surface area contributed by atoms with Gasteiger partial charge in [-0.05, 0) is 55.7 Å². The van der Waals surface area contributed by atoms with Crippen molar-refractivity contribution in [2.24, 2.45) is 11.7 Å². The number of nitrogens with two attached hydrogens (primary N) is 1. The average Bonchev–Trinajstić information content (AvgIpc) is 2.99. The van der Waals surface area contributed by atoms with Gasteiger partial charge in [0.25, 0.3) is 0 Å². The lowest BCUT2D eigenvalue weighted by Crippen LogP contribution is -2.22.